The Labute approximate surface area is 85.5 Å². The Balaban J connectivity index is 4.78. The zero-order valence-electron chi connectivity index (χ0n) is 9.25. The third-order valence-electron chi connectivity index (χ3n) is 2.72. The summed E-state index contributed by atoms with van der Waals surface area (Å²) in [5, 5.41) is 10.1. The first-order chi connectivity index (χ1) is 6.56. The van der Waals surface area contributed by atoms with Gasteiger partial charge in [0.25, 0.3) is 0 Å². The molecule has 0 amide bonds. The minimum Gasteiger partial charge on any atom is -0.381 e. The van der Waals surface area contributed by atoms with E-state index in [0.717, 1.165) is 6.42 Å². The molecular weight excluding hydrogens is 180 g/mol. The summed E-state index contributed by atoms with van der Waals surface area (Å²) in [5.74, 6) is -0.782. The van der Waals surface area contributed by atoms with Crippen LogP contribution in [0.1, 0.15) is 46.5 Å². The Bertz CT molecular complexity index is 201. The van der Waals surface area contributed by atoms with Gasteiger partial charge in [0, 0.05) is 6.42 Å². The van der Waals surface area contributed by atoms with Gasteiger partial charge < -0.3 is 9.90 Å². The number of aldehydes is 1. The molecule has 0 aromatic carbocycles. The van der Waals surface area contributed by atoms with Gasteiger partial charge in [0.05, 0.1) is 5.92 Å². The van der Waals surface area contributed by atoms with Crippen LogP contribution in [-0.4, -0.2) is 22.8 Å². The predicted molar refractivity (Wildman–Crippen MR) is 55.0 cm³/mol. The lowest BCUT2D eigenvalue weighted by Gasteiger charge is -2.30. The molecule has 3 nitrogen and oxygen atoms in total. The molecule has 82 valence electrons. The van der Waals surface area contributed by atoms with Crippen molar-refractivity contribution < 1.29 is 14.7 Å². The third-order valence-corrected chi connectivity index (χ3v) is 2.72. The van der Waals surface area contributed by atoms with Crippen molar-refractivity contribution in [2.24, 2.45) is 5.92 Å². The first kappa shape index (κ1) is 13.3. The van der Waals surface area contributed by atoms with E-state index in [4.69, 9.17) is 0 Å². The van der Waals surface area contributed by atoms with Crippen molar-refractivity contribution in [2.45, 2.75) is 52.1 Å². The Kier molecular flexibility index (Phi) is 5.62. The van der Waals surface area contributed by atoms with Crippen LogP contribution in [0, 0.1) is 5.92 Å². The average Bonchev–Trinajstić information content (AvgIpc) is 2.23. The lowest BCUT2D eigenvalue weighted by molar-refractivity contribution is -0.147. The van der Waals surface area contributed by atoms with Gasteiger partial charge in [-0.3, -0.25) is 4.79 Å². The number of hydrogen-bond acceptors (Lipinski definition) is 3. The number of rotatable bonds is 7. The number of carbonyl (C=O) groups excluding carboxylic acids is 2. The molecule has 0 spiro atoms. The van der Waals surface area contributed by atoms with Gasteiger partial charge in [-0.2, -0.15) is 0 Å². The average molecular weight is 200 g/mol. The number of aliphatic hydroxyl groups is 1. The maximum absolute atomic E-state index is 11.5. The molecule has 0 saturated heterocycles. The Hall–Kier alpha value is -0.700. The molecule has 0 aliphatic heterocycles. The van der Waals surface area contributed by atoms with E-state index in [-0.39, 0.29) is 12.2 Å². The van der Waals surface area contributed by atoms with E-state index in [1.165, 1.54) is 0 Å². The Morgan fingerprint density at radius 3 is 2.29 bits per heavy atom. The summed E-state index contributed by atoms with van der Waals surface area (Å²) in [5.41, 5.74) is -1.44. The van der Waals surface area contributed by atoms with E-state index in [0.29, 0.717) is 19.1 Å². The molecule has 0 saturated carbocycles. The number of Topliss-reactive ketones (excluding diaryl/α,β-unsaturated/α-hetero) is 1. The largest absolute Gasteiger partial charge is 0.381 e. The highest BCUT2D eigenvalue weighted by atomic mass is 16.3. The molecule has 2 atom stereocenters. The Morgan fingerprint density at radius 2 is 2.00 bits per heavy atom. The van der Waals surface area contributed by atoms with Gasteiger partial charge in [0.1, 0.15) is 11.9 Å². The van der Waals surface area contributed by atoms with Crippen LogP contribution >= 0.6 is 0 Å². The summed E-state index contributed by atoms with van der Waals surface area (Å²) < 4.78 is 0. The molecule has 0 rings (SSSR count). The number of carbonyl (C=O) groups is 2. The van der Waals surface area contributed by atoms with E-state index in [2.05, 4.69) is 0 Å². The van der Waals surface area contributed by atoms with Crippen LogP contribution in [0.5, 0.6) is 0 Å². The van der Waals surface area contributed by atoms with Crippen molar-refractivity contribution in [1.29, 1.82) is 0 Å². The molecule has 0 aromatic heterocycles. The zero-order valence-corrected chi connectivity index (χ0v) is 9.25. The topological polar surface area (TPSA) is 54.4 Å². The Morgan fingerprint density at radius 1 is 1.43 bits per heavy atom. The third kappa shape index (κ3) is 2.64. The first-order valence-electron chi connectivity index (χ1n) is 5.27. The van der Waals surface area contributed by atoms with E-state index in [1.54, 1.807) is 13.8 Å². The molecule has 0 aromatic rings. The standard InChI is InChI=1S/C11H20O3/c1-4-7-9(8-12)11(14,6-3)10(13)5-2/h8-9,14H,4-7H2,1-3H3/t9-,11+/m1/s1. The highest BCUT2D eigenvalue weighted by Crippen LogP contribution is 2.26. The fourth-order valence-corrected chi connectivity index (χ4v) is 1.70. The fraction of sp³-hybridized carbons (Fsp3) is 0.818. The quantitative estimate of drug-likeness (QED) is 0.637. The smallest absolute Gasteiger partial charge is 0.164 e. The van der Waals surface area contributed by atoms with Crippen LogP contribution in [0.25, 0.3) is 0 Å². The normalized spacial score (nSPS) is 17.1. The van der Waals surface area contributed by atoms with Crippen molar-refractivity contribution in [3.63, 3.8) is 0 Å². The van der Waals surface area contributed by atoms with Crippen molar-refractivity contribution >= 4 is 12.1 Å². The second-order valence-electron chi connectivity index (χ2n) is 3.59. The molecule has 3 heteroatoms. The monoisotopic (exact) mass is 200 g/mol. The maximum Gasteiger partial charge on any atom is 0.164 e. The predicted octanol–water partition coefficient (Wildman–Crippen LogP) is 1.72. The van der Waals surface area contributed by atoms with Crippen LogP contribution in [0.2, 0.25) is 0 Å². The van der Waals surface area contributed by atoms with Crippen molar-refractivity contribution in [3.05, 3.63) is 0 Å². The van der Waals surface area contributed by atoms with Gasteiger partial charge in [0.2, 0.25) is 0 Å². The van der Waals surface area contributed by atoms with E-state index < -0.39 is 11.5 Å². The lowest BCUT2D eigenvalue weighted by atomic mass is 9.79. The summed E-state index contributed by atoms with van der Waals surface area (Å²) in [4.78, 5) is 22.3. The summed E-state index contributed by atoms with van der Waals surface area (Å²) in [6, 6.07) is 0. The molecular formula is C11H20O3. The SMILES string of the molecule is CCC[C@H](C=O)[C@@](O)(CC)C(=O)CC. The summed E-state index contributed by atoms with van der Waals surface area (Å²) in [6.45, 7) is 5.37. The number of ketones is 1. The van der Waals surface area contributed by atoms with Gasteiger partial charge in [-0.25, -0.2) is 0 Å². The van der Waals surface area contributed by atoms with Crippen molar-refractivity contribution in [2.75, 3.05) is 0 Å². The van der Waals surface area contributed by atoms with Gasteiger partial charge in [-0.15, -0.1) is 0 Å². The molecule has 0 unspecified atom stereocenters. The highest BCUT2D eigenvalue weighted by Gasteiger charge is 2.40. The van der Waals surface area contributed by atoms with Crippen LogP contribution in [0.4, 0.5) is 0 Å². The van der Waals surface area contributed by atoms with E-state index >= 15 is 0 Å². The van der Waals surface area contributed by atoms with Gasteiger partial charge in [-0.05, 0) is 12.8 Å². The summed E-state index contributed by atoms with van der Waals surface area (Å²) in [7, 11) is 0. The molecule has 1 N–H and O–H groups in total. The zero-order chi connectivity index (χ0) is 11.2. The van der Waals surface area contributed by atoms with Crippen LogP contribution < -0.4 is 0 Å². The molecule has 0 fully saturated rings. The molecule has 14 heavy (non-hydrogen) atoms. The molecule has 0 aliphatic carbocycles. The second kappa shape index (κ2) is 5.91. The summed E-state index contributed by atoms with van der Waals surface area (Å²) >= 11 is 0. The lowest BCUT2D eigenvalue weighted by Crippen LogP contribution is -2.45. The van der Waals surface area contributed by atoms with Gasteiger partial charge in [-0.1, -0.05) is 27.2 Å². The van der Waals surface area contributed by atoms with Crippen LogP contribution in [0.3, 0.4) is 0 Å². The molecule has 0 heterocycles. The van der Waals surface area contributed by atoms with Gasteiger partial charge in [0.15, 0.2) is 5.78 Å². The van der Waals surface area contributed by atoms with Gasteiger partial charge >= 0.3 is 0 Å². The van der Waals surface area contributed by atoms with E-state index in [9.17, 15) is 14.7 Å². The van der Waals surface area contributed by atoms with Crippen LogP contribution in [-0.2, 0) is 9.59 Å². The summed E-state index contributed by atoms with van der Waals surface area (Å²) in [6.07, 6.45) is 2.66. The highest BCUT2D eigenvalue weighted by molar-refractivity contribution is 5.89. The van der Waals surface area contributed by atoms with Crippen molar-refractivity contribution in [3.8, 4) is 0 Å². The number of hydrogen-bond donors (Lipinski definition) is 1. The van der Waals surface area contributed by atoms with Crippen LogP contribution in [0.15, 0.2) is 0 Å². The molecule has 0 aliphatic rings. The van der Waals surface area contributed by atoms with Crippen molar-refractivity contribution in [1.82, 2.24) is 0 Å². The fourth-order valence-electron chi connectivity index (χ4n) is 1.70. The minimum absolute atomic E-state index is 0.231. The molecule has 0 bridgehead atoms. The maximum atomic E-state index is 11.5. The second-order valence-corrected chi connectivity index (χ2v) is 3.59. The first-order valence-corrected chi connectivity index (χ1v) is 5.27. The molecule has 0 radical (unpaired) electrons. The van der Waals surface area contributed by atoms with E-state index in [1.807, 2.05) is 6.92 Å². The minimum atomic E-state index is -1.44.